The highest BCUT2D eigenvalue weighted by atomic mass is 32.1. The molecule has 0 aromatic rings. The van der Waals surface area contributed by atoms with E-state index in [0.717, 1.165) is 6.54 Å². The Morgan fingerprint density at radius 3 is 2.53 bits per heavy atom. The molecule has 0 aliphatic heterocycles. The van der Waals surface area contributed by atoms with Crippen molar-refractivity contribution in [2.24, 2.45) is 0 Å². The van der Waals surface area contributed by atoms with Crippen molar-refractivity contribution in [3.63, 3.8) is 0 Å². The lowest BCUT2D eigenvalue weighted by Crippen LogP contribution is -2.49. The number of carbonyl (C=O) groups is 2. The molecule has 1 saturated carbocycles. The molecule has 1 fully saturated rings. The van der Waals surface area contributed by atoms with Crippen molar-refractivity contribution in [1.82, 2.24) is 15.5 Å². The molecule has 2 N–H and O–H groups in total. The normalized spacial score (nSPS) is 17.5. The smallest absolute Gasteiger partial charge is 0.243 e. The largest absolute Gasteiger partial charge is 0.353 e. The highest BCUT2D eigenvalue weighted by Crippen LogP contribution is 2.21. The van der Waals surface area contributed by atoms with Gasteiger partial charge in [-0.25, -0.2) is 0 Å². The standard InChI is InChI=1S/C13H25N3O2S/c1-10(17)15-12(9-19)13(18)14-7-8-16(2)11-5-3-4-6-11/h11-12,19H,3-9H2,1-2H3,(H,14,18)(H,15,17). The molecule has 1 rings (SSSR count). The monoisotopic (exact) mass is 287 g/mol. The number of nitrogens with one attached hydrogen (secondary N) is 2. The molecule has 19 heavy (non-hydrogen) atoms. The van der Waals surface area contributed by atoms with Gasteiger partial charge in [-0.15, -0.1) is 0 Å². The third-order valence-corrected chi connectivity index (χ3v) is 3.95. The summed E-state index contributed by atoms with van der Waals surface area (Å²) in [6, 6.07) is 0.116. The lowest BCUT2D eigenvalue weighted by Gasteiger charge is -2.24. The molecular formula is C13H25N3O2S. The van der Waals surface area contributed by atoms with E-state index in [1.54, 1.807) is 0 Å². The number of thiol groups is 1. The number of hydrogen-bond acceptors (Lipinski definition) is 4. The molecule has 0 aromatic heterocycles. The molecule has 0 spiro atoms. The minimum atomic E-state index is -0.544. The van der Waals surface area contributed by atoms with Crippen LogP contribution >= 0.6 is 12.6 Å². The van der Waals surface area contributed by atoms with Crippen molar-refractivity contribution >= 4 is 24.4 Å². The van der Waals surface area contributed by atoms with Crippen LogP contribution in [0, 0.1) is 0 Å². The maximum atomic E-state index is 11.8. The zero-order valence-corrected chi connectivity index (χ0v) is 12.7. The molecule has 1 aliphatic carbocycles. The van der Waals surface area contributed by atoms with Crippen molar-refractivity contribution in [1.29, 1.82) is 0 Å². The Morgan fingerprint density at radius 2 is 2.00 bits per heavy atom. The Labute approximate surface area is 120 Å². The SMILES string of the molecule is CC(=O)NC(CS)C(=O)NCCN(C)C1CCCC1. The first-order valence-electron chi connectivity index (χ1n) is 6.90. The van der Waals surface area contributed by atoms with Gasteiger partial charge in [0.1, 0.15) is 6.04 Å². The fraction of sp³-hybridized carbons (Fsp3) is 0.846. The summed E-state index contributed by atoms with van der Waals surface area (Å²) in [6.45, 7) is 2.85. The zero-order valence-electron chi connectivity index (χ0n) is 11.8. The fourth-order valence-corrected chi connectivity index (χ4v) is 2.70. The van der Waals surface area contributed by atoms with E-state index in [9.17, 15) is 9.59 Å². The Morgan fingerprint density at radius 1 is 1.37 bits per heavy atom. The minimum Gasteiger partial charge on any atom is -0.353 e. The summed E-state index contributed by atoms with van der Waals surface area (Å²) >= 11 is 4.08. The molecule has 0 aromatic carbocycles. The van der Waals surface area contributed by atoms with Crippen molar-refractivity contribution < 1.29 is 9.59 Å². The third kappa shape index (κ3) is 5.82. The number of carbonyl (C=O) groups excluding carboxylic acids is 2. The van der Waals surface area contributed by atoms with Gasteiger partial charge in [-0.2, -0.15) is 12.6 Å². The lowest BCUT2D eigenvalue weighted by atomic mass is 10.2. The van der Waals surface area contributed by atoms with E-state index < -0.39 is 6.04 Å². The van der Waals surface area contributed by atoms with Gasteiger partial charge < -0.3 is 15.5 Å². The van der Waals surface area contributed by atoms with Crippen LogP contribution in [0.25, 0.3) is 0 Å². The molecule has 1 unspecified atom stereocenters. The molecular weight excluding hydrogens is 262 g/mol. The topological polar surface area (TPSA) is 61.4 Å². The van der Waals surface area contributed by atoms with Gasteiger partial charge in [0.15, 0.2) is 0 Å². The number of hydrogen-bond donors (Lipinski definition) is 3. The van der Waals surface area contributed by atoms with Gasteiger partial charge in [0.25, 0.3) is 0 Å². The number of rotatable bonds is 7. The first kappa shape index (κ1) is 16.3. The number of nitrogens with zero attached hydrogens (tertiary/aromatic N) is 1. The van der Waals surface area contributed by atoms with Crippen molar-refractivity contribution in [2.45, 2.75) is 44.7 Å². The van der Waals surface area contributed by atoms with Crippen LogP contribution in [0.15, 0.2) is 0 Å². The summed E-state index contributed by atoms with van der Waals surface area (Å²) in [5, 5.41) is 5.43. The van der Waals surface area contributed by atoms with Crippen molar-refractivity contribution in [3.05, 3.63) is 0 Å². The van der Waals surface area contributed by atoms with Crippen LogP contribution in [-0.4, -0.2) is 54.7 Å². The van der Waals surface area contributed by atoms with Gasteiger partial charge in [0.05, 0.1) is 0 Å². The Balaban J connectivity index is 2.23. The van der Waals surface area contributed by atoms with E-state index in [1.165, 1.54) is 32.6 Å². The fourth-order valence-electron chi connectivity index (χ4n) is 2.45. The first-order valence-corrected chi connectivity index (χ1v) is 7.53. The summed E-state index contributed by atoms with van der Waals surface area (Å²) in [6.07, 6.45) is 5.14. The molecule has 6 heteroatoms. The molecule has 0 radical (unpaired) electrons. The molecule has 1 atom stereocenters. The Kier molecular flexibility index (Phi) is 7.23. The van der Waals surface area contributed by atoms with E-state index in [2.05, 4.69) is 35.2 Å². The summed E-state index contributed by atoms with van der Waals surface area (Å²) in [4.78, 5) is 25.1. The van der Waals surface area contributed by atoms with E-state index in [0.29, 0.717) is 18.3 Å². The lowest BCUT2D eigenvalue weighted by molar-refractivity contribution is -0.127. The summed E-state index contributed by atoms with van der Waals surface area (Å²) in [7, 11) is 2.10. The quantitative estimate of drug-likeness (QED) is 0.595. The average Bonchev–Trinajstić information content (AvgIpc) is 2.89. The summed E-state index contributed by atoms with van der Waals surface area (Å²) in [5.74, 6) is -0.0635. The van der Waals surface area contributed by atoms with Crippen LogP contribution in [0.1, 0.15) is 32.6 Å². The van der Waals surface area contributed by atoms with Crippen LogP contribution in [0.3, 0.4) is 0 Å². The maximum Gasteiger partial charge on any atom is 0.243 e. The minimum absolute atomic E-state index is 0.162. The zero-order chi connectivity index (χ0) is 14.3. The van der Waals surface area contributed by atoms with Crippen LogP contribution in [-0.2, 0) is 9.59 Å². The summed E-state index contributed by atoms with van der Waals surface area (Å²) in [5.41, 5.74) is 0. The highest BCUT2D eigenvalue weighted by Gasteiger charge is 2.20. The van der Waals surface area contributed by atoms with Crippen molar-refractivity contribution in [3.8, 4) is 0 Å². The third-order valence-electron chi connectivity index (χ3n) is 3.59. The Bertz CT molecular complexity index is 306. The van der Waals surface area contributed by atoms with Gasteiger partial charge in [0.2, 0.25) is 11.8 Å². The molecule has 110 valence electrons. The van der Waals surface area contributed by atoms with E-state index in [-0.39, 0.29) is 11.8 Å². The average molecular weight is 287 g/mol. The molecule has 0 bridgehead atoms. The predicted octanol–water partition coefficient (Wildman–Crippen LogP) is 0.411. The predicted molar refractivity (Wildman–Crippen MR) is 79.4 cm³/mol. The first-order chi connectivity index (χ1) is 9.04. The van der Waals surface area contributed by atoms with Crippen LogP contribution in [0.4, 0.5) is 0 Å². The van der Waals surface area contributed by atoms with Gasteiger partial charge in [0, 0.05) is 31.8 Å². The van der Waals surface area contributed by atoms with E-state index in [1.807, 2.05) is 0 Å². The van der Waals surface area contributed by atoms with Crippen LogP contribution in [0.2, 0.25) is 0 Å². The second-order valence-corrected chi connectivity index (χ2v) is 5.51. The molecule has 0 heterocycles. The van der Waals surface area contributed by atoms with Crippen molar-refractivity contribution in [2.75, 3.05) is 25.9 Å². The van der Waals surface area contributed by atoms with E-state index in [4.69, 9.17) is 0 Å². The number of likely N-dealkylation sites (N-methyl/N-ethyl adjacent to an activating group) is 1. The molecule has 1 aliphatic rings. The van der Waals surface area contributed by atoms with Gasteiger partial charge in [-0.3, -0.25) is 9.59 Å². The van der Waals surface area contributed by atoms with Crippen LogP contribution in [0.5, 0.6) is 0 Å². The highest BCUT2D eigenvalue weighted by molar-refractivity contribution is 7.80. The second-order valence-electron chi connectivity index (χ2n) is 5.15. The Hall–Kier alpha value is -0.750. The molecule has 5 nitrogen and oxygen atoms in total. The van der Waals surface area contributed by atoms with Crippen LogP contribution < -0.4 is 10.6 Å². The second kappa shape index (κ2) is 8.43. The van der Waals surface area contributed by atoms with Gasteiger partial charge in [-0.1, -0.05) is 12.8 Å². The van der Waals surface area contributed by atoms with Gasteiger partial charge in [-0.05, 0) is 19.9 Å². The van der Waals surface area contributed by atoms with E-state index >= 15 is 0 Å². The molecule has 0 saturated heterocycles. The maximum absolute atomic E-state index is 11.8. The summed E-state index contributed by atoms with van der Waals surface area (Å²) < 4.78 is 0. The van der Waals surface area contributed by atoms with Gasteiger partial charge >= 0.3 is 0 Å². The molecule has 2 amide bonds. The number of amides is 2.